The Morgan fingerprint density at radius 1 is 1.42 bits per heavy atom. The second kappa shape index (κ2) is 7.10. The first-order valence-electron chi connectivity index (χ1n) is 6.39. The first-order chi connectivity index (χ1) is 9.19. The lowest BCUT2D eigenvalue weighted by molar-refractivity contribution is -0.0962. The third-order valence-electron chi connectivity index (χ3n) is 3.07. The molecule has 1 atom stereocenters. The van der Waals surface area contributed by atoms with Crippen LogP contribution in [0.4, 0.5) is 0 Å². The fourth-order valence-corrected chi connectivity index (χ4v) is 2.45. The maximum Gasteiger partial charge on any atom is 0.137 e. The fourth-order valence-electron chi connectivity index (χ4n) is 2.17. The molecule has 5 heteroatoms. The van der Waals surface area contributed by atoms with E-state index in [9.17, 15) is 0 Å². The molecule has 106 valence electrons. The van der Waals surface area contributed by atoms with Crippen molar-refractivity contribution in [2.24, 2.45) is 0 Å². The van der Waals surface area contributed by atoms with Crippen molar-refractivity contribution in [3.63, 3.8) is 0 Å². The van der Waals surface area contributed by atoms with Gasteiger partial charge in [0.05, 0.1) is 38.1 Å². The predicted molar refractivity (Wildman–Crippen MR) is 74.9 cm³/mol. The molecule has 0 N–H and O–H groups in total. The standard InChI is InChI=1S/C14H20ClNO3/c1-16(9-12-10-18-5-6-19-12)8-11-3-4-14(17-2)13(15)7-11/h3-4,7,12H,5-6,8-10H2,1-2H3. The first-order valence-corrected chi connectivity index (χ1v) is 6.77. The SMILES string of the molecule is COc1ccc(CN(C)CC2COCCO2)cc1Cl. The summed E-state index contributed by atoms with van der Waals surface area (Å²) in [5.41, 5.74) is 1.16. The summed E-state index contributed by atoms with van der Waals surface area (Å²) < 4.78 is 16.2. The van der Waals surface area contributed by atoms with Crippen molar-refractivity contribution in [2.45, 2.75) is 12.6 Å². The highest BCUT2D eigenvalue weighted by molar-refractivity contribution is 6.32. The van der Waals surface area contributed by atoms with Crippen LogP contribution in [0.2, 0.25) is 5.02 Å². The van der Waals surface area contributed by atoms with Crippen LogP contribution in [-0.2, 0) is 16.0 Å². The van der Waals surface area contributed by atoms with Gasteiger partial charge in [0, 0.05) is 13.1 Å². The highest BCUT2D eigenvalue weighted by atomic mass is 35.5. The summed E-state index contributed by atoms with van der Waals surface area (Å²) in [7, 11) is 3.68. The molecule has 0 saturated carbocycles. The molecule has 2 rings (SSSR count). The van der Waals surface area contributed by atoms with E-state index < -0.39 is 0 Å². The van der Waals surface area contributed by atoms with Crippen molar-refractivity contribution >= 4 is 11.6 Å². The molecule has 1 aliphatic rings. The van der Waals surface area contributed by atoms with Gasteiger partial charge in [0.15, 0.2) is 0 Å². The fraction of sp³-hybridized carbons (Fsp3) is 0.571. The minimum atomic E-state index is 0.160. The molecule has 0 spiro atoms. The summed E-state index contributed by atoms with van der Waals surface area (Å²) in [5, 5.41) is 0.644. The van der Waals surface area contributed by atoms with Crippen LogP contribution in [0.25, 0.3) is 0 Å². The molecule has 0 aliphatic carbocycles. The molecule has 0 amide bonds. The van der Waals surface area contributed by atoms with Gasteiger partial charge in [-0.05, 0) is 24.7 Å². The summed E-state index contributed by atoms with van der Waals surface area (Å²) in [4.78, 5) is 2.21. The Morgan fingerprint density at radius 3 is 2.89 bits per heavy atom. The zero-order chi connectivity index (χ0) is 13.7. The second-order valence-electron chi connectivity index (χ2n) is 4.73. The maximum atomic E-state index is 6.12. The van der Waals surface area contributed by atoms with Crippen LogP contribution in [0.1, 0.15) is 5.56 Å². The Labute approximate surface area is 119 Å². The van der Waals surface area contributed by atoms with E-state index in [-0.39, 0.29) is 6.10 Å². The van der Waals surface area contributed by atoms with Crippen LogP contribution in [0.3, 0.4) is 0 Å². The Balaban J connectivity index is 1.87. The van der Waals surface area contributed by atoms with Gasteiger partial charge in [-0.2, -0.15) is 0 Å². The van der Waals surface area contributed by atoms with Gasteiger partial charge in [-0.3, -0.25) is 4.90 Å². The minimum Gasteiger partial charge on any atom is -0.495 e. The summed E-state index contributed by atoms with van der Waals surface area (Å²) >= 11 is 6.12. The van der Waals surface area contributed by atoms with Gasteiger partial charge in [0.1, 0.15) is 5.75 Å². The van der Waals surface area contributed by atoms with Crippen LogP contribution in [0.15, 0.2) is 18.2 Å². The number of nitrogens with zero attached hydrogens (tertiary/aromatic N) is 1. The number of likely N-dealkylation sites (N-methyl/N-ethyl adjacent to an activating group) is 1. The second-order valence-corrected chi connectivity index (χ2v) is 5.14. The van der Waals surface area contributed by atoms with Crippen LogP contribution in [0.5, 0.6) is 5.75 Å². The van der Waals surface area contributed by atoms with Gasteiger partial charge >= 0.3 is 0 Å². The number of rotatable bonds is 5. The van der Waals surface area contributed by atoms with Crippen LogP contribution in [-0.4, -0.2) is 51.5 Å². The number of benzene rings is 1. The van der Waals surface area contributed by atoms with E-state index in [0.717, 1.165) is 18.7 Å². The van der Waals surface area contributed by atoms with Crippen molar-refractivity contribution < 1.29 is 14.2 Å². The zero-order valence-electron chi connectivity index (χ0n) is 11.4. The number of hydrogen-bond acceptors (Lipinski definition) is 4. The molecule has 0 bridgehead atoms. The molecule has 1 aliphatic heterocycles. The van der Waals surface area contributed by atoms with E-state index in [1.54, 1.807) is 7.11 Å². The Kier molecular flexibility index (Phi) is 5.45. The normalized spacial score (nSPS) is 19.7. The van der Waals surface area contributed by atoms with Crippen molar-refractivity contribution in [1.82, 2.24) is 4.90 Å². The number of hydrogen-bond donors (Lipinski definition) is 0. The molecule has 19 heavy (non-hydrogen) atoms. The molecular formula is C14H20ClNO3. The highest BCUT2D eigenvalue weighted by Crippen LogP contribution is 2.25. The quantitative estimate of drug-likeness (QED) is 0.830. The van der Waals surface area contributed by atoms with Crippen LogP contribution >= 0.6 is 11.6 Å². The van der Waals surface area contributed by atoms with Crippen molar-refractivity contribution in [3.05, 3.63) is 28.8 Å². The Hall–Kier alpha value is -0.810. The van der Waals surface area contributed by atoms with Crippen molar-refractivity contribution in [1.29, 1.82) is 0 Å². The van der Waals surface area contributed by atoms with Gasteiger partial charge in [0.2, 0.25) is 0 Å². The van der Waals surface area contributed by atoms with E-state index in [0.29, 0.717) is 30.6 Å². The van der Waals surface area contributed by atoms with E-state index >= 15 is 0 Å². The molecule has 4 nitrogen and oxygen atoms in total. The Morgan fingerprint density at radius 2 is 2.26 bits per heavy atom. The largest absolute Gasteiger partial charge is 0.495 e. The first kappa shape index (κ1) is 14.6. The molecule has 1 unspecified atom stereocenters. The van der Waals surface area contributed by atoms with Crippen LogP contribution in [0, 0.1) is 0 Å². The Bertz CT molecular complexity index is 408. The summed E-state index contributed by atoms with van der Waals surface area (Å²) in [5.74, 6) is 0.706. The third kappa shape index (κ3) is 4.35. The zero-order valence-corrected chi connectivity index (χ0v) is 12.2. The van der Waals surface area contributed by atoms with E-state index in [4.69, 9.17) is 25.8 Å². The van der Waals surface area contributed by atoms with Gasteiger partial charge < -0.3 is 14.2 Å². The average Bonchev–Trinajstić information content (AvgIpc) is 2.40. The van der Waals surface area contributed by atoms with Gasteiger partial charge in [-0.25, -0.2) is 0 Å². The van der Waals surface area contributed by atoms with Gasteiger partial charge in [-0.15, -0.1) is 0 Å². The number of methoxy groups -OCH3 is 1. The molecule has 1 saturated heterocycles. The molecule has 1 fully saturated rings. The minimum absolute atomic E-state index is 0.160. The van der Waals surface area contributed by atoms with Crippen molar-refractivity contribution in [2.75, 3.05) is 40.5 Å². The lowest BCUT2D eigenvalue weighted by atomic mass is 10.2. The lowest BCUT2D eigenvalue weighted by Gasteiger charge is -2.27. The highest BCUT2D eigenvalue weighted by Gasteiger charge is 2.16. The molecule has 1 heterocycles. The third-order valence-corrected chi connectivity index (χ3v) is 3.36. The average molecular weight is 286 g/mol. The number of ether oxygens (including phenoxy) is 3. The molecule has 1 aromatic carbocycles. The van der Waals surface area contributed by atoms with Crippen molar-refractivity contribution in [3.8, 4) is 5.75 Å². The summed E-state index contributed by atoms with van der Waals surface area (Å²) in [6.07, 6.45) is 0.160. The van der Waals surface area contributed by atoms with Gasteiger partial charge in [0.25, 0.3) is 0 Å². The van der Waals surface area contributed by atoms with E-state index in [2.05, 4.69) is 11.9 Å². The number of halogens is 1. The summed E-state index contributed by atoms with van der Waals surface area (Å²) in [6, 6.07) is 5.86. The van der Waals surface area contributed by atoms with E-state index in [1.807, 2.05) is 18.2 Å². The maximum absolute atomic E-state index is 6.12. The van der Waals surface area contributed by atoms with Crippen LogP contribution < -0.4 is 4.74 Å². The lowest BCUT2D eigenvalue weighted by Crippen LogP contribution is -2.38. The smallest absolute Gasteiger partial charge is 0.137 e. The summed E-state index contributed by atoms with van der Waals surface area (Å²) in [6.45, 7) is 3.74. The molecule has 1 aromatic rings. The molecular weight excluding hydrogens is 266 g/mol. The topological polar surface area (TPSA) is 30.9 Å². The van der Waals surface area contributed by atoms with Gasteiger partial charge in [-0.1, -0.05) is 17.7 Å². The monoisotopic (exact) mass is 285 g/mol. The molecule has 0 aromatic heterocycles. The molecule has 0 radical (unpaired) electrons. The predicted octanol–water partition coefficient (Wildman–Crippen LogP) is 2.20. The van der Waals surface area contributed by atoms with E-state index in [1.165, 1.54) is 0 Å².